The molecule has 164 valence electrons. The van der Waals surface area contributed by atoms with Crippen LogP contribution in [0.2, 0.25) is 0 Å². The number of carboxylic acid groups (broad SMARTS) is 1. The van der Waals surface area contributed by atoms with Crippen molar-refractivity contribution in [2.75, 3.05) is 11.9 Å². The molecule has 1 unspecified atom stereocenters. The number of imidazole rings is 1. The Morgan fingerprint density at radius 2 is 2.03 bits per heavy atom. The molecule has 4 rings (SSSR count). The minimum Gasteiger partial charge on any atom is -0.479 e. The maximum absolute atomic E-state index is 13.3. The summed E-state index contributed by atoms with van der Waals surface area (Å²) >= 11 is 3.38. The van der Waals surface area contributed by atoms with Gasteiger partial charge >= 0.3 is 5.97 Å². The SMILES string of the molecule is O=C(CCn1ccnc1)Nc1cccc(C(=O)N2CCc3ccc(Br)cc3C2C(=O)O)c1. The van der Waals surface area contributed by atoms with E-state index in [0.29, 0.717) is 36.3 Å². The number of aliphatic carboxylic acids is 1. The van der Waals surface area contributed by atoms with E-state index in [0.717, 1.165) is 10.0 Å². The molecule has 0 aliphatic carbocycles. The number of carbonyl (C=O) groups is 3. The Bertz CT molecular complexity index is 1160. The number of nitrogens with one attached hydrogen (secondary N) is 1. The van der Waals surface area contributed by atoms with E-state index in [-0.39, 0.29) is 12.3 Å². The largest absolute Gasteiger partial charge is 0.479 e. The van der Waals surface area contributed by atoms with Gasteiger partial charge in [0.05, 0.1) is 6.33 Å². The van der Waals surface area contributed by atoms with Crippen LogP contribution in [0.5, 0.6) is 0 Å². The molecule has 1 atom stereocenters. The van der Waals surface area contributed by atoms with Crippen molar-refractivity contribution in [2.45, 2.75) is 25.4 Å². The molecule has 3 aromatic rings. The lowest BCUT2D eigenvalue weighted by molar-refractivity contribution is -0.143. The van der Waals surface area contributed by atoms with Gasteiger partial charge in [0.25, 0.3) is 5.91 Å². The number of aromatic nitrogens is 2. The number of carbonyl (C=O) groups excluding carboxylic acids is 2. The van der Waals surface area contributed by atoms with Gasteiger partial charge in [0.2, 0.25) is 5.91 Å². The van der Waals surface area contributed by atoms with Gasteiger partial charge in [-0.2, -0.15) is 0 Å². The Morgan fingerprint density at radius 3 is 2.78 bits per heavy atom. The normalized spacial score (nSPS) is 15.2. The van der Waals surface area contributed by atoms with E-state index in [4.69, 9.17) is 0 Å². The third kappa shape index (κ3) is 4.72. The Balaban J connectivity index is 1.50. The average Bonchev–Trinajstić information content (AvgIpc) is 3.30. The standard InChI is InChI=1S/C23H21BrN4O4/c24-17-5-4-15-6-10-28(21(23(31)32)19(15)13-17)22(30)16-2-1-3-18(12-16)26-20(29)7-9-27-11-8-25-14-27/h1-5,8,11-14,21H,6-7,9-10H2,(H,26,29)(H,31,32). The number of halogens is 1. The summed E-state index contributed by atoms with van der Waals surface area (Å²) < 4.78 is 2.56. The number of benzene rings is 2. The molecule has 0 spiro atoms. The highest BCUT2D eigenvalue weighted by molar-refractivity contribution is 9.10. The fourth-order valence-electron chi connectivity index (χ4n) is 3.84. The van der Waals surface area contributed by atoms with Gasteiger partial charge in [0, 0.05) is 47.6 Å². The van der Waals surface area contributed by atoms with E-state index in [9.17, 15) is 19.5 Å². The molecule has 2 aromatic carbocycles. The van der Waals surface area contributed by atoms with Crippen molar-refractivity contribution in [3.8, 4) is 0 Å². The first kappa shape index (κ1) is 21.8. The lowest BCUT2D eigenvalue weighted by Crippen LogP contribution is -2.43. The van der Waals surface area contributed by atoms with Crippen molar-refractivity contribution in [3.63, 3.8) is 0 Å². The summed E-state index contributed by atoms with van der Waals surface area (Å²) in [5.41, 5.74) is 2.33. The topological polar surface area (TPSA) is 105 Å². The van der Waals surface area contributed by atoms with E-state index < -0.39 is 17.9 Å². The average molecular weight is 497 g/mol. The first-order chi connectivity index (χ1) is 15.4. The number of anilines is 1. The van der Waals surface area contributed by atoms with Gasteiger partial charge < -0.3 is 19.9 Å². The maximum Gasteiger partial charge on any atom is 0.331 e. The molecule has 8 nitrogen and oxygen atoms in total. The molecular formula is C23H21BrN4O4. The van der Waals surface area contributed by atoms with Crippen LogP contribution in [0.15, 0.2) is 65.7 Å². The van der Waals surface area contributed by atoms with E-state index in [1.165, 1.54) is 4.90 Å². The molecule has 0 saturated carbocycles. The summed E-state index contributed by atoms with van der Waals surface area (Å²) in [6.07, 6.45) is 5.90. The molecule has 2 heterocycles. The van der Waals surface area contributed by atoms with E-state index in [1.807, 2.05) is 12.1 Å². The summed E-state index contributed by atoms with van der Waals surface area (Å²) in [6.45, 7) is 0.791. The zero-order valence-electron chi connectivity index (χ0n) is 17.1. The quantitative estimate of drug-likeness (QED) is 0.543. The number of amides is 2. The second kappa shape index (κ2) is 9.35. The van der Waals surface area contributed by atoms with Crippen LogP contribution in [-0.2, 0) is 22.6 Å². The van der Waals surface area contributed by atoms with Crippen LogP contribution in [0.1, 0.15) is 33.9 Å². The number of aryl methyl sites for hydroxylation is 1. The van der Waals surface area contributed by atoms with E-state index in [1.54, 1.807) is 53.6 Å². The first-order valence-corrected chi connectivity index (χ1v) is 10.9. The number of carboxylic acids is 1. The second-order valence-electron chi connectivity index (χ2n) is 7.51. The maximum atomic E-state index is 13.3. The van der Waals surface area contributed by atoms with Crippen molar-refractivity contribution >= 4 is 39.4 Å². The van der Waals surface area contributed by atoms with Gasteiger partial charge in [-0.3, -0.25) is 9.59 Å². The molecule has 2 N–H and O–H groups in total. The Labute approximate surface area is 193 Å². The summed E-state index contributed by atoms with van der Waals surface area (Å²) in [4.78, 5) is 42.9. The first-order valence-electron chi connectivity index (χ1n) is 10.1. The molecule has 0 saturated heterocycles. The molecule has 0 fully saturated rings. The number of hydrogen-bond acceptors (Lipinski definition) is 4. The van der Waals surface area contributed by atoms with Crippen LogP contribution < -0.4 is 5.32 Å². The zero-order valence-corrected chi connectivity index (χ0v) is 18.7. The van der Waals surface area contributed by atoms with Crippen molar-refractivity contribution in [1.82, 2.24) is 14.5 Å². The van der Waals surface area contributed by atoms with Crippen LogP contribution in [-0.4, -0.2) is 43.9 Å². The molecule has 0 radical (unpaired) electrons. The summed E-state index contributed by atoms with van der Waals surface area (Å²) in [6, 6.07) is 11.0. The predicted molar refractivity (Wildman–Crippen MR) is 121 cm³/mol. The molecule has 32 heavy (non-hydrogen) atoms. The molecule has 0 bridgehead atoms. The molecule has 1 aliphatic heterocycles. The van der Waals surface area contributed by atoms with Gasteiger partial charge in [0.15, 0.2) is 6.04 Å². The lowest BCUT2D eigenvalue weighted by Gasteiger charge is -2.35. The minimum atomic E-state index is -1.08. The molecule has 1 aromatic heterocycles. The van der Waals surface area contributed by atoms with Gasteiger partial charge in [-0.15, -0.1) is 0 Å². The Hall–Kier alpha value is -3.46. The lowest BCUT2D eigenvalue weighted by atomic mass is 9.92. The monoisotopic (exact) mass is 496 g/mol. The summed E-state index contributed by atoms with van der Waals surface area (Å²) in [5, 5.41) is 12.7. The van der Waals surface area contributed by atoms with Crippen molar-refractivity contribution in [1.29, 1.82) is 0 Å². The van der Waals surface area contributed by atoms with Gasteiger partial charge in [-0.1, -0.05) is 28.1 Å². The number of hydrogen-bond donors (Lipinski definition) is 2. The Morgan fingerprint density at radius 1 is 1.19 bits per heavy atom. The second-order valence-corrected chi connectivity index (χ2v) is 8.43. The van der Waals surface area contributed by atoms with Crippen LogP contribution >= 0.6 is 15.9 Å². The fraction of sp³-hybridized carbons (Fsp3) is 0.217. The highest BCUT2D eigenvalue weighted by atomic mass is 79.9. The number of rotatable bonds is 6. The predicted octanol–water partition coefficient (Wildman–Crippen LogP) is 3.50. The number of nitrogens with zero attached hydrogens (tertiary/aromatic N) is 3. The van der Waals surface area contributed by atoms with Crippen LogP contribution in [0.3, 0.4) is 0 Å². The van der Waals surface area contributed by atoms with Gasteiger partial charge in [0.1, 0.15) is 0 Å². The molecule has 9 heteroatoms. The van der Waals surface area contributed by atoms with Crippen molar-refractivity contribution in [2.24, 2.45) is 0 Å². The minimum absolute atomic E-state index is 0.191. The van der Waals surface area contributed by atoms with Crippen molar-refractivity contribution < 1.29 is 19.5 Å². The molecular weight excluding hydrogens is 476 g/mol. The van der Waals surface area contributed by atoms with E-state index in [2.05, 4.69) is 26.2 Å². The molecule has 2 amide bonds. The number of fused-ring (bicyclic) bond motifs is 1. The highest BCUT2D eigenvalue weighted by Gasteiger charge is 2.36. The van der Waals surface area contributed by atoms with Crippen LogP contribution in [0.25, 0.3) is 0 Å². The summed E-state index contributed by atoms with van der Waals surface area (Å²) in [7, 11) is 0. The van der Waals surface area contributed by atoms with Crippen LogP contribution in [0, 0.1) is 0 Å². The molecule has 1 aliphatic rings. The third-order valence-corrected chi connectivity index (χ3v) is 5.87. The van der Waals surface area contributed by atoms with Gasteiger partial charge in [-0.05, 0) is 47.9 Å². The van der Waals surface area contributed by atoms with Gasteiger partial charge in [-0.25, -0.2) is 9.78 Å². The highest BCUT2D eigenvalue weighted by Crippen LogP contribution is 2.33. The fourth-order valence-corrected chi connectivity index (χ4v) is 4.22. The Kier molecular flexibility index (Phi) is 6.36. The zero-order chi connectivity index (χ0) is 22.7. The summed E-state index contributed by atoms with van der Waals surface area (Å²) in [5.74, 6) is -1.66. The van der Waals surface area contributed by atoms with Crippen molar-refractivity contribution in [3.05, 3.63) is 82.3 Å². The smallest absolute Gasteiger partial charge is 0.331 e. The van der Waals surface area contributed by atoms with Crippen LogP contribution in [0.4, 0.5) is 5.69 Å². The third-order valence-electron chi connectivity index (χ3n) is 5.38. The van der Waals surface area contributed by atoms with E-state index >= 15 is 0 Å².